The zero-order valence-corrected chi connectivity index (χ0v) is 19.9. The lowest BCUT2D eigenvalue weighted by atomic mass is 9.71. The fourth-order valence-electron chi connectivity index (χ4n) is 5.60. The van der Waals surface area contributed by atoms with E-state index in [2.05, 4.69) is 40.7 Å². The highest BCUT2D eigenvalue weighted by molar-refractivity contribution is 6.11. The van der Waals surface area contributed by atoms with E-state index < -0.39 is 0 Å². The number of hydrogen-bond acceptors (Lipinski definition) is 3. The molecule has 0 spiro atoms. The summed E-state index contributed by atoms with van der Waals surface area (Å²) in [6.45, 7) is 11.8. The number of aromatic hydroxyl groups is 2. The monoisotopic (exact) mass is 438 g/mol. The number of hydrogen-bond donors (Lipinski definition) is 2. The fourth-order valence-corrected chi connectivity index (χ4v) is 5.60. The van der Waals surface area contributed by atoms with E-state index in [1.807, 2.05) is 48.5 Å². The maximum Gasteiger partial charge on any atom is 0.127 e. The van der Waals surface area contributed by atoms with E-state index in [9.17, 15) is 10.2 Å². The number of ether oxygens (including phenoxy) is 1. The molecule has 5 rings (SSSR count). The molecule has 3 heteroatoms. The molecular weight excluding hydrogens is 408 g/mol. The van der Waals surface area contributed by atoms with Gasteiger partial charge in [0.2, 0.25) is 0 Å². The molecule has 33 heavy (non-hydrogen) atoms. The Hall–Kier alpha value is -3.46. The van der Waals surface area contributed by atoms with Crippen molar-refractivity contribution in [2.75, 3.05) is 6.61 Å². The Morgan fingerprint density at radius 3 is 2.09 bits per heavy atom. The number of phenolic OH excluding ortho intramolecular Hbond substituents is 2. The molecule has 0 atom stereocenters. The van der Waals surface area contributed by atoms with Crippen LogP contribution in [0.5, 0.6) is 11.5 Å². The summed E-state index contributed by atoms with van der Waals surface area (Å²) in [5.41, 5.74) is 3.48. The predicted octanol–water partition coefficient (Wildman–Crippen LogP) is 7.88. The molecule has 0 aromatic heterocycles. The first-order chi connectivity index (χ1) is 15.6. The third kappa shape index (κ3) is 3.34. The van der Waals surface area contributed by atoms with Gasteiger partial charge in [-0.25, -0.2) is 0 Å². The second-order valence-electron chi connectivity index (χ2n) is 10.7. The van der Waals surface area contributed by atoms with E-state index in [0.717, 1.165) is 32.9 Å². The summed E-state index contributed by atoms with van der Waals surface area (Å²) < 4.78 is 6.34. The van der Waals surface area contributed by atoms with Crippen LogP contribution in [0.3, 0.4) is 0 Å². The van der Waals surface area contributed by atoms with Crippen LogP contribution in [0.4, 0.5) is 0 Å². The van der Waals surface area contributed by atoms with Crippen molar-refractivity contribution in [3.8, 4) is 22.6 Å². The van der Waals surface area contributed by atoms with Crippen LogP contribution < -0.4 is 0 Å². The Balaban J connectivity index is 1.87. The van der Waals surface area contributed by atoms with Gasteiger partial charge in [0.15, 0.2) is 0 Å². The Bertz CT molecular complexity index is 1430. The van der Waals surface area contributed by atoms with Crippen molar-refractivity contribution in [2.45, 2.75) is 34.6 Å². The van der Waals surface area contributed by atoms with Crippen LogP contribution in [-0.2, 0) is 4.74 Å². The molecule has 1 aliphatic heterocycles. The van der Waals surface area contributed by atoms with Gasteiger partial charge < -0.3 is 14.9 Å². The minimum absolute atomic E-state index is 0.0504. The molecule has 0 amide bonds. The largest absolute Gasteiger partial charge is 0.507 e. The minimum atomic E-state index is -0.0661. The van der Waals surface area contributed by atoms with Gasteiger partial charge in [-0.15, -0.1) is 0 Å². The van der Waals surface area contributed by atoms with Crippen molar-refractivity contribution in [3.05, 3.63) is 77.9 Å². The lowest BCUT2D eigenvalue weighted by molar-refractivity contribution is 0.213. The van der Waals surface area contributed by atoms with Crippen molar-refractivity contribution in [3.63, 3.8) is 0 Å². The highest BCUT2D eigenvalue weighted by atomic mass is 16.5. The Morgan fingerprint density at radius 2 is 1.36 bits per heavy atom. The molecule has 0 fully saturated rings. The first-order valence-corrected chi connectivity index (χ1v) is 11.4. The van der Waals surface area contributed by atoms with Gasteiger partial charge in [-0.3, -0.25) is 0 Å². The standard InChI is InChI=1S/C30H30O3/c1-29(2,3)28-27(33-17-30(28,4)5)22-12-8-11-21-20(22)14-16-24(32)26(21)25-19-10-7-6-9-18(19)13-15-23(25)31/h6-16,31-32H,17H2,1-5H3. The second kappa shape index (κ2) is 7.28. The van der Waals surface area contributed by atoms with Crippen LogP contribution in [0.1, 0.15) is 40.2 Å². The smallest absolute Gasteiger partial charge is 0.127 e. The van der Waals surface area contributed by atoms with Crippen molar-refractivity contribution in [1.29, 1.82) is 0 Å². The molecule has 0 radical (unpaired) electrons. The van der Waals surface area contributed by atoms with Crippen molar-refractivity contribution >= 4 is 27.3 Å². The summed E-state index contributed by atoms with van der Waals surface area (Å²) in [5, 5.41) is 25.7. The van der Waals surface area contributed by atoms with E-state index in [4.69, 9.17) is 4.74 Å². The van der Waals surface area contributed by atoms with Crippen LogP contribution in [0.2, 0.25) is 0 Å². The number of fused-ring (bicyclic) bond motifs is 2. The molecule has 0 aliphatic carbocycles. The van der Waals surface area contributed by atoms with E-state index >= 15 is 0 Å². The van der Waals surface area contributed by atoms with E-state index in [1.54, 1.807) is 12.1 Å². The van der Waals surface area contributed by atoms with Crippen molar-refractivity contribution < 1.29 is 14.9 Å². The van der Waals surface area contributed by atoms with E-state index in [1.165, 1.54) is 5.57 Å². The van der Waals surface area contributed by atoms with Crippen LogP contribution >= 0.6 is 0 Å². The molecule has 4 aromatic carbocycles. The Labute approximate surface area is 195 Å². The SMILES string of the molecule is CC(C)(C)C1=C(c2cccc3c(-c4c(O)ccc5ccccc45)c(O)ccc23)OCC1(C)C. The highest BCUT2D eigenvalue weighted by Crippen LogP contribution is 2.51. The normalized spacial score (nSPS) is 15.9. The average Bonchev–Trinajstić information content (AvgIpc) is 3.09. The predicted molar refractivity (Wildman–Crippen MR) is 136 cm³/mol. The fraction of sp³-hybridized carbons (Fsp3) is 0.267. The van der Waals surface area contributed by atoms with Crippen LogP contribution in [0.25, 0.3) is 38.4 Å². The van der Waals surface area contributed by atoms with E-state index in [-0.39, 0.29) is 22.3 Å². The van der Waals surface area contributed by atoms with Gasteiger partial charge in [-0.2, -0.15) is 0 Å². The van der Waals surface area contributed by atoms with Crippen molar-refractivity contribution in [1.82, 2.24) is 0 Å². The summed E-state index contributed by atoms with van der Waals surface area (Å²) >= 11 is 0. The molecule has 0 saturated carbocycles. The third-order valence-electron chi connectivity index (χ3n) is 6.67. The van der Waals surface area contributed by atoms with Crippen LogP contribution in [-0.4, -0.2) is 16.8 Å². The maximum atomic E-state index is 11.0. The van der Waals surface area contributed by atoms with Gasteiger partial charge in [-0.05, 0) is 50.7 Å². The molecule has 2 N–H and O–H groups in total. The topological polar surface area (TPSA) is 49.7 Å². The maximum absolute atomic E-state index is 11.0. The summed E-state index contributed by atoms with van der Waals surface area (Å²) in [4.78, 5) is 0. The van der Waals surface area contributed by atoms with E-state index in [0.29, 0.717) is 17.7 Å². The van der Waals surface area contributed by atoms with Crippen LogP contribution in [0, 0.1) is 10.8 Å². The molecule has 3 nitrogen and oxygen atoms in total. The summed E-state index contributed by atoms with van der Waals surface area (Å²) in [6.07, 6.45) is 0. The molecular formula is C30H30O3. The Morgan fingerprint density at radius 1 is 0.727 bits per heavy atom. The summed E-state index contributed by atoms with van der Waals surface area (Å²) in [5.74, 6) is 1.22. The first kappa shape index (κ1) is 21.4. The van der Waals surface area contributed by atoms with Gasteiger partial charge in [0, 0.05) is 22.1 Å². The Kier molecular flexibility index (Phi) is 4.72. The zero-order valence-electron chi connectivity index (χ0n) is 19.9. The van der Waals surface area contributed by atoms with Crippen LogP contribution in [0.15, 0.2) is 72.3 Å². The lowest BCUT2D eigenvalue weighted by Crippen LogP contribution is -2.24. The number of phenols is 2. The summed E-state index contributed by atoms with van der Waals surface area (Å²) in [7, 11) is 0. The average molecular weight is 439 g/mol. The molecule has 0 bridgehead atoms. The lowest BCUT2D eigenvalue weighted by Gasteiger charge is -2.31. The van der Waals surface area contributed by atoms with Gasteiger partial charge in [-0.1, -0.05) is 83.1 Å². The second-order valence-corrected chi connectivity index (χ2v) is 10.7. The molecule has 0 saturated heterocycles. The molecule has 0 unspecified atom stereocenters. The zero-order chi connectivity index (χ0) is 23.5. The highest BCUT2D eigenvalue weighted by Gasteiger charge is 2.41. The quantitative estimate of drug-likeness (QED) is 0.335. The van der Waals surface area contributed by atoms with Gasteiger partial charge in [0.1, 0.15) is 17.3 Å². The summed E-state index contributed by atoms with van der Waals surface area (Å²) in [6, 6.07) is 21.3. The molecule has 4 aromatic rings. The number of benzene rings is 4. The van der Waals surface area contributed by atoms with Gasteiger partial charge in [0.05, 0.1) is 6.61 Å². The molecule has 1 aliphatic rings. The van der Waals surface area contributed by atoms with Crippen molar-refractivity contribution in [2.24, 2.45) is 10.8 Å². The minimum Gasteiger partial charge on any atom is -0.507 e. The first-order valence-electron chi connectivity index (χ1n) is 11.4. The third-order valence-corrected chi connectivity index (χ3v) is 6.67. The number of rotatable bonds is 2. The van der Waals surface area contributed by atoms with Gasteiger partial charge in [0.25, 0.3) is 0 Å². The van der Waals surface area contributed by atoms with Gasteiger partial charge >= 0.3 is 0 Å². The molecule has 168 valence electrons. The molecule has 1 heterocycles.